The van der Waals surface area contributed by atoms with Crippen molar-refractivity contribution < 1.29 is 42.4 Å². The Morgan fingerprint density at radius 3 is 1.22 bits per heavy atom. The molecule has 0 radical (unpaired) electrons. The Morgan fingerprint density at radius 2 is 0.766 bits per heavy atom. The fourth-order valence-electron chi connectivity index (χ4n) is 18.5. The molecule has 4 fully saturated rings. The Morgan fingerprint density at radius 1 is 0.390 bits per heavy atom. The second kappa shape index (κ2) is 46.0. The average molecular weight is 1940 g/mol. The van der Waals surface area contributed by atoms with Crippen molar-refractivity contribution in [3.63, 3.8) is 0 Å². The van der Waals surface area contributed by atoms with E-state index in [0.717, 1.165) is 228 Å². The Bertz CT molecular complexity index is 6830. The van der Waals surface area contributed by atoms with Crippen molar-refractivity contribution in [1.82, 2.24) is 54.7 Å². The molecule has 6 aliphatic heterocycles. The highest BCUT2D eigenvalue weighted by molar-refractivity contribution is 6.37. The molecule has 2 atom stereocenters. The van der Waals surface area contributed by atoms with Crippen LogP contribution in [0.25, 0.3) is 43.6 Å². The van der Waals surface area contributed by atoms with Crippen LogP contribution in [0.15, 0.2) is 231 Å². The van der Waals surface area contributed by atoms with E-state index in [4.69, 9.17) is 67.6 Å². The maximum Gasteiger partial charge on any atom is 0.407 e. The van der Waals surface area contributed by atoms with Gasteiger partial charge in [-0.25, -0.2) is 47.7 Å². The number of nitrogens with one attached hydrogen (secondary N) is 5. The molecule has 141 heavy (non-hydrogen) atoms. The first-order valence-electron chi connectivity index (χ1n) is 48.2. The van der Waals surface area contributed by atoms with Crippen LogP contribution in [0.3, 0.4) is 0 Å². The third-order valence-corrected chi connectivity index (χ3v) is 26.7. The highest BCUT2D eigenvalue weighted by Crippen LogP contribution is 2.45. The van der Waals surface area contributed by atoms with E-state index >= 15 is 0 Å². The summed E-state index contributed by atoms with van der Waals surface area (Å²) in [5, 5.41) is 41.1. The number of carbonyl (C=O) groups is 2. The minimum absolute atomic E-state index is 0.0477. The minimum Gasteiger partial charge on any atom is -0.493 e. The van der Waals surface area contributed by atoms with Crippen molar-refractivity contribution >= 4 is 138 Å². The molecule has 10 aromatic carbocycles. The standard InChI is InChI=1S/C26H26N4O2.C24H32FN5O2.C20H20ClFN4.C20H20N4O2.C19H18ClFN4/c1-31-23-14-19-12-13-30(17-20(19)15-24(23)32-2)26-28-22-11-7-6-10-21(22)25(29-26)27-16-18-8-4-3-5-9-18;1-24(2,3)18-14-30(23(31)32)15-19-20(18)21(26-13-16-7-9-17(25)10-8-16)28-22(27-19)29-11-5-4-6-12-29;21-16-5-4-6-17-18(16)19(23-13-14-7-9-15(22)10-8-14)25-20(24-17)26-11-2-1-3-12-26;25-19(26)17-11-6-12-24(17)20-22-16-10-5-4-9-15(16)18(23-20)21-13-14-7-2-1-3-8-14;20-15-4-3-5-16-17(15)18(22-12-13-6-8-14(21)9-7-13)24-19(23-16)25-10-1-2-11-25/h3-11,14-15H,12-13,16-17H2,1-2H3,(H,27,28,29);7-10,18H,4-6,11-15H2,1-3H3,(H,31,32)(H,26,27,28);4-10H,1-3,11-13H2,(H,23,24,25);1-5,7-10,17H,6,11-13H2,(H,25,26)(H,21,22,23);3-9H,1-2,10-12H2,(H,22,23,24). The van der Waals surface area contributed by atoms with Gasteiger partial charge in [-0.15, -0.1) is 0 Å². The number of rotatable bonds is 23. The zero-order chi connectivity index (χ0) is 97.9. The molecule has 32 heteroatoms. The van der Waals surface area contributed by atoms with Crippen LogP contribution < -0.4 is 60.6 Å². The molecular formula is C109H116Cl2F3N21O6. The number of hydrogen-bond donors (Lipinski definition) is 7. The molecule has 0 spiro atoms. The molecule has 0 saturated carbocycles. The number of amides is 1. The number of para-hydroxylation sites is 2. The first-order chi connectivity index (χ1) is 68.6. The largest absolute Gasteiger partial charge is 0.493 e. The van der Waals surface area contributed by atoms with Gasteiger partial charge < -0.3 is 75.7 Å². The molecular weight excluding hydrogens is 1830 g/mol. The van der Waals surface area contributed by atoms with Crippen molar-refractivity contribution in [1.29, 1.82) is 0 Å². The van der Waals surface area contributed by atoms with Gasteiger partial charge >= 0.3 is 12.1 Å². The molecule has 21 rings (SSSR count). The van der Waals surface area contributed by atoms with E-state index in [2.05, 4.69) is 137 Å². The average Bonchev–Trinajstić information content (AvgIpc) is 1.49. The van der Waals surface area contributed by atoms with Crippen LogP contribution in [-0.2, 0) is 57.0 Å². The first-order valence-corrected chi connectivity index (χ1v) is 48.9. The molecule has 7 N–H and O–H groups in total. The topological polar surface area (TPSA) is 302 Å². The van der Waals surface area contributed by atoms with E-state index in [-0.39, 0.29) is 35.3 Å². The van der Waals surface area contributed by atoms with Crippen LogP contribution in [-0.4, -0.2) is 156 Å². The van der Waals surface area contributed by atoms with Gasteiger partial charge in [-0.2, -0.15) is 24.9 Å². The van der Waals surface area contributed by atoms with Gasteiger partial charge in [0.15, 0.2) is 11.5 Å². The molecule has 4 saturated heterocycles. The van der Waals surface area contributed by atoms with Crippen LogP contribution in [0.2, 0.25) is 10.0 Å². The van der Waals surface area contributed by atoms with Gasteiger partial charge in [0.25, 0.3) is 0 Å². The van der Waals surface area contributed by atoms with E-state index in [0.29, 0.717) is 85.8 Å². The second-order valence-corrected chi connectivity index (χ2v) is 37.7. The summed E-state index contributed by atoms with van der Waals surface area (Å²) in [6.07, 6.45) is 10.7. The van der Waals surface area contributed by atoms with E-state index in [1.54, 1.807) is 55.5 Å². The van der Waals surface area contributed by atoms with Crippen molar-refractivity contribution in [2.75, 3.05) is 124 Å². The number of nitrogens with zero attached hydrogens (tertiary/aromatic N) is 16. The SMILES string of the molecule is CC(C)(C)C1CN(C(=O)O)Cc2nc(N3CCCCC3)nc(NCc3ccc(F)cc3)c21.COc1cc2c(cc1OC)CN(c1nc(NCc3ccccc3)c3ccccc3n1)CC2.Fc1ccc(CNc2nc(N3CCCC3)nc3cccc(Cl)c23)cc1.Fc1ccc(CNc2nc(N3CCCCC3)nc3cccc(Cl)c23)cc1.O=C(O)C1CCCN1c1nc(NCc2ccccc2)c2ccccc2n1. The van der Waals surface area contributed by atoms with Gasteiger partial charge in [0, 0.05) is 120 Å². The Hall–Kier alpha value is -14.7. The molecule has 27 nitrogen and oxygen atoms in total. The van der Waals surface area contributed by atoms with Crippen LogP contribution in [0.4, 0.5) is 76.8 Å². The summed E-state index contributed by atoms with van der Waals surface area (Å²) >= 11 is 12.8. The predicted molar refractivity (Wildman–Crippen MR) is 555 cm³/mol. The monoisotopic (exact) mass is 1940 g/mol. The highest BCUT2D eigenvalue weighted by Gasteiger charge is 2.40. The molecule has 6 aliphatic rings. The van der Waals surface area contributed by atoms with Gasteiger partial charge in [-0.05, 0) is 212 Å². The molecule has 5 aromatic heterocycles. The number of ether oxygens (including phenoxy) is 2. The lowest BCUT2D eigenvalue weighted by Crippen LogP contribution is -2.43. The van der Waals surface area contributed by atoms with E-state index < -0.39 is 18.1 Å². The van der Waals surface area contributed by atoms with E-state index in [9.17, 15) is 33.0 Å². The summed E-state index contributed by atoms with van der Waals surface area (Å²) in [6.45, 7) is 17.9. The summed E-state index contributed by atoms with van der Waals surface area (Å²) in [6, 6.07) is 70.7. The lowest BCUT2D eigenvalue weighted by Gasteiger charge is -2.40. The lowest BCUT2D eigenvalue weighted by atomic mass is 9.74. The quantitative estimate of drug-likeness (QED) is 0.0313. The third kappa shape index (κ3) is 24.6. The normalized spacial score (nSPS) is 15.6. The number of anilines is 10. The Labute approximate surface area is 828 Å². The van der Waals surface area contributed by atoms with Gasteiger partial charge in [0.2, 0.25) is 29.7 Å². The van der Waals surface area contributed by atoms with Crippen molar-refractivity contribution in [2.24, 2.45) is 5.41 Å². The number of halogens is 5. The fourth-order valence-corrected chi connectivity index (χ4v) is 19.0. The third-order valence-electron chi connectivity index (χ3n) is 26.1. The summed E-state index contributed by atoms with van der Waals surface area (Å²) in [5.74, 6) is 7.01. The number of carboxylic acids is 1. The van der Waals surface area contributed by atoms with Crippen LogP contribution >= 0.6 is 23.2 Å². The van der Waals surface area contributed by atoms with Gasteiger partial charge in [0.1, 0.15) is 52.6 Å². The lowest BCUT2D eigenvalue weighted by molar-refractivity contribution is -0.138. The molecule has 728 valence electrons. The van der Waals surface area contributed by atoms with Crippen molar-refractivity contribution in [2.45, 2.75) is 149 Å². The fraction of sp³-hybridized carbons (Fsp3) is 0.321. The number of piperidine rings is 2. The summed E-state index contributed by atoms with van der Waals surface area (Å²) in [5.41, 5.74) is 12.8. The van der Waals surface area contributed by atoms with E-state index in [1.807, 2.05) is 103 Å². The molecule has 0 aliphatic carbocycles. The summed E-state index contributed by atoms with van der Waals surface area (Å²) in [4.78, 5) is 83.3. The molecule has 11 heterocycles. The van der Waals surface area contributed by atoms with Gasteiger partial charge in [0.05, 0.1) is 69.3 Å². The number of fused-ring (bicyclic) bond motifs is 6. The Balaban J connectivity index is 0.000000122. The van der Waals surface area contributed by atoms with Crippen molar-refractivity contribution in [3.05, 3.63) is 308 Å². The highest BCUT2D eigenvalue weighted by atomic mass is 35.5. The minimum atomic E-state index is -0.927. The number of methoxy groups -OCH3 is 2. The molecule has 2 unspecified atom stereocenters. The summed E-state index contributed by atoms with van der Waals surface area (Å²) < 4.78 is 50.5. The van der Waals surface area contributed by atoms with Crippen LogP contribution in [0.5, 0.6) is 11.5 Å². The molecule has 15 aromatic rings. The smallest absolute Gasteiger partial charge is 0.407 e. The zero-order valence-corrected chi connectivity index (χ0v) is 81.3. The Kier molecular flexibility index (Phi) is 31.9. The maximum absolute atomic E-state index is 13.3. The maximum atomic E-state index is 13.3. The van der Waals surface area contributed by atoms with Crippen LogP contribution in [0.1, 0.15) is 141 Å². The van der Waals surface area contributed by atoms with Gasteiger partial charge in [-0.1, -0.05) is 177 Å². The zero-order valence-electron chi connectivity index (χ0n) is 79.8. The summed E-state index contributed by atoms with van der Waals surface area (Å²) in [7, 11) is 3.34. The van der Waals surface area contributed by atoms with Gasteiger partial charge in [-0.3, -0.25) is 0 Å². The van der Waals surface area contributed by atoms with Crippen molar-refractivity contribution in [3.8, 4) is 11.5 Å². The number of aliphatic carboxylic acids is 1. The first kappa shape index (κ1) is 98.0. The molecule has 1 amide bonds. The number of aromatic nitrogens is 10. The second-order valence-electron chi connectivity index (χ2n) is 36.9. The molecule has 0 bridgehead atoms. The van der Waals surface area contributed by atoms with E-state index in [1.165, 1.54) is 70.8 Å². The number of benzene rings is 10. The predicted octanol–water partition coefficient (Wildman–Crippen LogP) is 22.6. The number of hydrogen-bond acceptors (Lipinski definition) is 24. The number of carboxylic acid groups (broad SMARTS) is 2. The van der Waals surface area contributed by atoms with Crippen LogP contribution in [0, 0.1) is 22.9 Å².